The van der Waals surface area contributed by atoms with E-state index in [9.17, 15) is 0 Å². The van der Waals surface area contributed by atoms with E-state index >= 15 is 0 Å². The number of nitrogens with one attached hydrogen (secondary N) is 3. The molecule has 0 radical (unpaired) electrons. The summed E-state index contributed by atoms with van der Waals surface area (Å²) < 4.78 is 7.10. The third kappa shape index (κ3) is 6.06. The summed E-state index contributed by atoms with van der Waals surface area (Å²) in [5.74, 6) is 1.47. The monoisotopic (exact) mass is 586 g/mol. The van der Waals surface area contributed by atoms with Gasteiger partial charge in [0.2, 0.25) is 11.7 Å². The van der Waals surface area contributed by atoms with Crippen LogP contribution in [0.5, 0.6) is 0 Å². The van der Waals surface area contributed by atoms with Gasteiger partial charge < -0.3 is 15.8 Å². The normalized spacial score (nSPS) is 13.8. The van der Waals surface area contributed by atoms with Crippen molar-refractivity contribution in [3.8, 4) is 23.1 Å². The molecule has 44 heavy (non-hydrogen) atoms. The average molecular weight is 587 g/mol. The summed E-state index contributed by atoms with van der Waals surface area (Å²) in [6, 6.07) is 19.4. The van der Waals surface area contributed by atoms with Gasteiger partial charge in [-0.1, -0.05) is 12.1 Å². The number of nitrogens with two attached hydrogens (primary N) is 1. The third-order valence-corrected chi connectivity index (χ3v) is 7.37. The number of piperidine rings is 1. The SMILES string of the molecule is CC(=N)OC(=N)c1ccc2nc(-c3cccnc3N)n(-c3ccc(CN4CCC(Nc5ccnc(C#N)n5)CC4)cc3)c2n1. The number of fused-ring (bicyclic) bond motifs is 1. The van der Waals surface area contributed by atoms with Gasteiger partial charge in [-0.25, -0.2) is 24.9 Å². The van der Waals surface area contributed by atoms with E-state index in [0.717, 1.165) is 38.2 Å². The Morgan fingerprint density at radius 2 is 1.82 bits per heavy atom. The lowest BCUT2D eigenvalue weighted by Crippen LogP contribution is -2.38. The minimum absolute atomic E-state index is 0.0924. The minimum Gasteiger partial charge on any atom is -0.424 e. The highest BCUT2D eigenvalue weighted by atomic mass is 16.5. The second-order valence-corrected chi connectivity index (χ2v) is 10.5. The Bertz CT molecular complexity index is 1880. The van der Waals surface area contributed by atoms with E-state index in [4.69, 9.17) is 36.5 Å². The number of aromatic nitrogens is 6. The first-order valence-electron chi connectivity index (χ1n) is 14.1. The lowest BCUT2D eigenvalue weighted by molar-refractivity contribution is 0.211. The lowest BCUT2D eigenvalue weighted by atomic mass is 10.0. The molecule has 1 aromatic carbocycles. The van der Waals surface area contributed by atoms with Crippen LogP contribution in [0.15, 0.2) is 67.0 Å². The van der Waals surface area contributed by atoms with E-state index in [2.05, 4.69) is 37.3 Å². The Hall–Kier alpha value is -5.74. The maximum atomic E-state index is 9.05. The fraction of sp³-hybridized carbons (Fsp3) is 0.226. The number of anilines is 2. The molecule has 13 heteroatoms. The van der Waals surface area contributed by atoms with Crippen LogP contribution in [-0.2, 0) is 11.3 Å². The Labute approximate surface area is 253 Å². The molecule has 0 spiro atoms. The maximum Gasteiger partial charge on any atom is 0.239 e. The number of benzene rings is 1. The molecule has 13 nitrogen and oxygen atoms in total. The molecule has 6 rings (SSSR count). The number of nitriles is 1. The number of imidazole rings is 1. The van der Waals surface area contributed by atoms with Gasteiger partial charge in [-0.3, -0.25) is 20.3 Å². The molecule has 5 aromatic rings. The predicted octanol–water partition coefficient (Wildman–Crippen LogP) is 4.14. The second kappa shape index (κ2) is 12.2. The van der Waals surface area contributed by atoms with Crippen molar-refractivity contribution in [1.82, 2.24) is 34.4 Å². The number of hydrogen-bond acceptors (Lipinski definition) is 12. The topological polar surface area (TPSA) is 191 Å². The van der Waals surface area contributed by atoms with Crippen LogP contribution in [-0.4, -0.2) is 65.3 Å². The largest absolute Gasteiger partial charge is 0.424 e. The number of pyridine rings is 2. The van der Waals surface area contributed by atoms with Crippen LogP contribution in [0.2, 0.25) is 0 Å². The molecule has 1 fully saturated rings. The molecule has 220 valence electrons. The summed E-state index contributed by atoms with van der Waals surface area (Å²) in [4.78, 5) is 24.4. The highest BCUT2D eigenvalue weighted by Crippen LogP contribution is 2.31. The highest BCUT2D eigenvalue weighted by molar-refractivity contribution is 5.98. The highest BCUT2D eigenvalue weighted by Gasteiger charge is 2.22. The van der Waals surface area contributed by atoms with Crippen molar-refractivity contribution in [2.24, 2.45) is 0 Å². The first-order valence-corrected chi connectivity index (χ1v) is 14.1. The van der Waals surface area contributed by atoms with E-state index in [0.29, 0.717) is 34.2 Å². The van der Waals surface area contributed by atoms with E-state index in [1.807, 2.05) is 34.9 Å². The van der Waals surface area contributed by atoms with Crippen LogP contribution < -0.4 is 11.1 Å². The van der Waals surface area contributed by atoms with Gasteiger partial charge in [0.25, 0.3) is 0 Å². The molecule has 4 aromatic heterocycles. The quantitative estimate of drug-likeness (QED) is 0.159. The summed E-state index contributed by atoms with van der Waals surface area (Å²) in [5, 5.41) is 28.3. The van der Waals surface area contributed by atoms with Gasteiger partial charge in [-0.05, 0) is 60.9 Å². The van der Waals surface area contributed by atoms with Crippen LogP contribution in [0.4, 0.5) is 11.6 Å². The third-order valence-electron chi connectivity index (χ3n) is 7.37. The molecule has 0 atom stereocenters. The zero-order valence-corrected chi connectivity index (χ0v) is 24.0. The molecule has 0 bridgehead atoms. The minimum atomic E-state index is -0.215. The molecule has 0 saturated carbocycles. The zero-order chi connectivity index (χ0) is 30.6. The molecule has 5 heterocycles. The van der Waals surface area contributed by atoms with Gasteiger partial charge in [-0.2, -0.15) is 5.26 Å². The number of nitrogens with zero attached hydrogens (tertiary/aromatic N) is 8. The summed E-state index contributed by atoms with van der Waals surface area (Å²) in [7, 11) is 0. The standard InChI is InChI=1S/C31H30N12O/c1-19(33)44-29(35)24-8-9-25-31(39-24)43(30(40-25)23-3-2-13-37-28(23)34)22-6-4-20(5-7-22)18-42-15-11-21(12-16-42)38-26-10-14-36-27(17-32)41-26/h2-10,13-14,21,33,35H,11-12,15-16,18H2,1H3,(H2,34,37)(H,36,38,41). The molecule has 0 unspecified atom stereocenters. The molecule has 0 amide bonds. The van der Waals surface area contributed by atoms with Crippen molar-refractivity contribution in [3.05, 3.63) is 84.1 Å². The van der Waals surface area contributed by atoms with Crippen molar-refractivity contribution < 1.29 is 4.74 Å². The second-order valence-electron chi connectivity index (χ2n) is 10.5. The summed E-state index contributed by atoms with van der Waals surface area (Å²) in [6.45, 7) is 4.14. The Kier molecular flexibility index (Phi) is 7.90. The van der Waals surface area contributed by atoms with Crippen molar-refractivity contribution in [1.29, 1.82) is 16.1 Å². The number of hydrogen-bond donors (Lipinski definition) is 4. The molecule has 0 aliphatic carbocycles. The van der Waals surface area contributed by atoms with Crippen LogP contribution >= 0.6 is 0 Å². The molecule has 1 saturated heterocycles. The number of rotatable bonds is 7. The lowest BCUT2D eigenvalue weighted by Gasteiger charge is -2.32. The first-order chi connectivity index (χ1) is 21.4. The van der Waals surface area contributed by atoms with Gasteiger partial charge in [0.1, 0.15) is 28.9 Å². The van der Waals surface area contributed by atoms with Gasteiger partial charge in [0.05, 0.1) is 5.56 Å². The fourth-order valence-electron chi connectivity index (χ4n) is 5.27. The van der Waals surface area contributed by atoms with E-state index in [1.165, 1.54) is 12.5 Å². The number of ether oxygens (including phenoxy) is 1. The zero-order valence-electron chi connectivity index (χ0n) is 24.0. The maximum absolute atomic E-state index is 9.05. The van der Waals surface area contributed by atoms with Gasteiger partial charge in [0.15, 0.2) is 17.4 Å². The summed E-state index contributed by atoms with van der Waals surface area (Å²) >= 11 is 0. The fourth-order valence-corrected chi connectivity index (χ4v) is 5.27. The van der Waals surface area contributed by atoms with Crippen LogP contribution in [0.1, 0.15) is 36.8 Å². The van der Waals surface area contributed by atoms with Gasteiger partial charge in [-0.15, -0.1) is 0 Å². The molecular formula is C31H30N12O. The predicted molar refractivity (Wildman–Crippen MR) is 166 cm³/mol. The van der Waals surface area contributed by atoms with Crippen LogP contribution in [0.25, 0.3) is 28.2 Å². The molecular weight excluding hydrogens is 556 g/mol. The van der Waals surface area contributed by atoms with Crippen molar-refractivity contribution in [2.45, 2.75) is 32.4 Å². The summed E-state index contributed by atoms with van der Waals surface area (Å²) in [6.07, 6.45) is 5.16. The number of likely N-dealkylation sites (tertiary alicyclic amines) is 1. The Balaban J connectivity index is 1.22. The van der Waals surface area contributed by atoms with Gasteiger partial charge >= 0.3 is 0 Å². The molecule has 5 N–H and O–H groups in total. The first kappa shape index (κ1) is 28.4. The van der Waals surface area contributed by atoms with Crippen molar-refractivity contribution in [2.75, 3.05) is 24.1 Å². The van der Waals surface area contributed by atoms with Crippen molar-refractivity contribution >= 4 is 34.6 Å². The molecule has 1 aliphatic heterocycles. The van der Waals surface area contributed by atoms with Gasteiger partial charge in [0, 0.05) is 50.7 Å². The smallest absolute Gasteiger partial charge is 0.239 e. The summed E-state index contributed by atoms with van der Waals surface area (Å²) in [5.41, 5.74) is 10.4. The van der Waals surface area contributed by atoms with E-state index < -0.39 is 0 Å². The van der Waals surface area contributed by atoms with E-state index in [1.54, 1.807) is 30.6 Å². The van der Waals surface area contributed by atoms with Crippen molar-refractivity contribution in [3.63, 3.8) is 0 Å². The van der Waals surface area contributed by atoms with E-state index in [-0.39, 0.29) is 29.4 Å². The average Bonchev–Trinajstić information content (AvgIpc) is 3.41. The molecule has 1 aliphatic rings. The Morgan fingerprint density at radius 3 is 2.55 bits per heavy atom. The van der Waals surface area contributed by atoms with Crippen LogP contribution in [0, 0.1) is 22.1 Å². The van der Waals surface area contributed by atoms with Crippen LogP contribution in [0.3, 0.4) is 0 Å². The Morgan fingerprint density at radius 1 is 1.02 bits per heavy atom. The number of nitrogen functional groups attached to an aromatic ring is 1.